The first kappa shape index (κ1) is 21.8. The van der Waals surface area contributed by atoms with Crippen molar-refractivity contribution < 1.29 is 9.13 Å². The van der Waals surface area contributed by atoms with Gasteiger partial charge in [-0.2, -0.15) is 0 Å². The molecule has 1 atom stereocenters. The maximum atomic E-state index is 12.1. The van der Waals surface area contributed by atoms with Crippen LogP contribution in [0, 0.1) is 5.92 Å². The Balaban J connectivity index is 1.53. The molecule has 0 saturated heterocycles. The molecule has 2 aromatic carbocycles. The summed E-state index contributed by atoms with van der Waals surface area (Å²) < 4.78 is 18.0. The monoisotopic (exact) mass is 423 g/mol. The number of alkyl halides is 1. The number of para-hydroxylation sites is 1. The number of rotatable bonds is 10. The van der Waals surface area contributed by atoms with Crippen LogP contribution in [-0.4, -0.2) is 49.3 Å². The lowest BCUT2D eigenvalue weighted by molar-refractivity contribution is 0.188. The molecule has 0 aliphatic carbocycles. The standard InChI is InChI=1S/C26H34FN3O/c1-19(2)18-30-16-12-23-22-6-3-4-7-24(22)29-25(23)26(30)20-8-10-21(11-9-20)31-17-15-28-14-5-13-27/h3-4,6-11,19,26,28-29H,5,12-18H2,1-2H3. The molecule has 1 aliphatic heterocycles. The van der Waals surface area contributed by atoms with E-state index in [1.54, 1.807) is 0 Å². The van der Waals surface area contributed by atoms with Gasteiger partial charge in [-0.25, -0.2) is 0 Å². The van der Waals surface area contributed by atoms with Crippen LogP contribution in [0.4, 0.5) is 4.39 Å². The molecule has 1 aliphatic rings. The maximum absolute atomic E-state index is 12.1. The molecule has 166 valence electrons. The number of aromatic amines is 1. The van der Waals surface area contributed by atoms with Crippen LogP contribution in [0.3, 0.4) is 0 Å². The van der Waals surface area contributed by atoms with Gasteiger partial charge in [0.1, 0.15) is 12.4 Å². The molecule has 0 saturated carbocycles. The molecule has 1 aromatic heterocycles. The maximum Gasteiger partial charge on any atom is 0.119 e. The first-order chi connectivity index (χ1) is 15.2. The van der Waals surface area contributed by atoms with Crippen molar-refractivity contribution in [3.8, 4) is 5.75 Å². The second-order valence-corrected chi connectivity index (χ2v) is 8.81. The summed E-state index contributed by atoms with van der Waals surface area (Å²) >= 11 is 0. The Hall–Kier alpha value is -2.37. The highest BCUT2D eigenvalue weighted by atomic mass is 19.1. The minimum atomic E-state index is -0.275. The Morgan fingerprint density at radius 2 is 1.94 bits per heavy atom. The summed E-state index contributed by atoms with van der Waals surface area (Å²) in [4.78, 5) is 6.34. The van der Waals surface area contributed by atoms with Crippen LogP contribution in [0.15, 0.2) is 48.5 Å². The summed E-state index contributed by atoms with van der Waals surface area (Å²) in [6.07, 6.45) is 1.64. The number of nitrogens with zero attached hydrogens (tertiary/aromatic N) is 1. The highest BCUT2D eigenvalue weighted by Crippen LogP contribution is 2.39. The predicted molar refractivity (Wildman–Crippen MR) is 126 cm³/mol. The number of H-pyrrole nitrogens is 1. The molecule has 5 heteroatoms. The van der Waals surface area contributed by atoms with Crippen molar-refractivity contribution >= 4 is 10.9 Å². The normalized spacial score (nSPS) is 16.7. The van der Waals surface area contributed by atoms with Gasteiger partial charge < -0.3 is 15.0 Å². The first-order valence-corrected chi connectivity index (χ1v) is 11.5. The van der Waals surface area contributed by atoms with E-state index < -0.39 is 0 Å². The molecule has 0 amide bonds. The summed E-state index contributed by atoms with van der Waals surface area (Å²) in [5, 5.41) is 4.55. The third-order valence-electron chi connectivity index (χ3n) is 5.96. The lowest BCUT2D eigenvalue weighted by Gasteiger charge is -2.37. The number of ether oxygens (including phenoxy) is 1. The zero-order valence-electron chi connectivity index (χ0n) is 18.7. The third kappa shape index (κ3) is 5.10. The van der Waals surface area contributed by atoms with Gasteiger partial charge in [-0.1, -0.05) is 44.2 Å². The van der Waals surface area contributed by atoms with Crippen molar-refractivity contribution in [2.45, 2.75) is 32.7 Å². The molecule has 0 radical (unpaired) electrons. The van der Waals surface area contributed by atoms with Crippen LogP contribution >= 0.6 is 0 Å². The predicted octanol–water partition coefficient (Wildman–Crippen LogP) is 5.10. The number of aromatic nitrogens is 1. The van der Waals surface area contributed by atoms with Crippen LogP contribution in [0.2, 0.25) is 0 Å². The largest absolute Gasteiger partial charge is 0.492 e. The van der Waals surface area contributed by atoms with E-state index in [0.717, 1.165) is 31.8 Å². The number of nitrogens with one attached hydrogen (secondary N) is 2. The average Bonchev–Trinajstić information content (AvgIpc) is 3.15. The lowest BCUT2D eigenvalue weighted by atomic mass is 9.91. The number of halogens is 1. The van der Waals surface area contributed by atoms with Crippen LogP contribution in [-0.2, 0) is 6.42 Å². The molecule has 31 heavy (non-hydrogen) atoms. The van der Waals surface area contributed by atoms with Crippen LogP contribution in [0.1, 0.15) is 43.1 Å². The van der Waals surface area contributed by atoms with Crippen molar-refractivity contribution in [3.05, 3.63) is 65.4 Å². The molecule has 0 spiro atoms. The minimum absolute atomic E-state index is 0.231. The Kier molecular flexibility index (Phi) is 7.25. The van der Waals surface area contributed by atoms with Gasteiger partial charge in [0.2, 0.25) is 0 Å². The Morgan fingerprint density at radius 3 is 2.71 bits per heavy atom. The molecule has 3 aromatic rings. The summed E-state index contributed by atoms with van der Waals surface area (Å²) in [5.41, 5.74) is 5.31. The summed E-state index contributed by atoms with van der Waals surface area (Å²) in [7, 11) is 0. The Morgan fingerprint density at radius 1 is 1.13 bits per heavy atom. The van der Waals surface area contributed by atoms with Crippen molar-refractivity contribution in [2.24, 2.45) is 5.92 Å². The third-order valence-corrected chi connectivity index (χ3v) is 5.96. The van der Waals surface area contributed by atoms with Gasteiger partial charge in [0.05, 0.1) is 12.7 Å². The fourth-order valence-corrected chi connectivity index (χ4v) is 4.64. The average molecular weight is 424 g/mol. The van der Waals surface area contributed by atoms with Crippen molar-refractivity contribution in [1.29, 1.82) is 0 Å². The van der Waals surface area contributed by atoms with Gasteiger partial charge in [0.15, 0.2) is 0 Å². The molecular weight excluding hydrogens is 389 g/mol. The van der Waals surface area contributed by atoms with E-state index in [2.05, 4.69) is 77.6 Å². The number of benzene rings is 2. The fourth-order valence-electron chi connectivity index (χ4n) is 4.64. The Labute approximate surface area is 184 Å². The van der Waals surface area contributed by atoms with Crippen molar-refractivity contribution in [2.75, 3.05) is 39.5 Å². The second kappa shape index (κ2) is 10.3. The van der Waals surface area contributed by atoms with Crippen molar-refractivity contribution in [3.63, 3.8) is 0 Å². The molecule has 1 unspecified atom stereocenters. The fraction of sp³-hybridized carbons (Fsp3) is 0.462. The number of fused-ring (bicyclic) bond motifs is 3. The van der Waals surface area contributed by atoms with Gasteiger partial charge in [-0.15, -0.1) is 0 Å². The zero-order chi connectivity index (χ0) is 21.6. The van der Waals surface area contributed by atoms with Gasteiger partial charge in [-0.05, 0) is 54.6 Å². The van der Waals surface area contributed by atoms with Gasteiger partial charge in [-0.3, -0.25) is 9.29 Å². The quantitative estimate of drug-likeness (QED) is 0.446. The Bertz CT molecular complexity index is 966. The SMILES string of the molecule is CC(C)CN1CCc2c([nH]c3ccccc23)C1c1ccc(OCCNCCCF)cc1. The molecular formula is C26H34FN3O. The second-order valence-electron chi connectivity index (χ2n) is 8.81. The van der Waals surface area contributed by atoms with Gasteiger partial charge in [0.25, 0.3) is 0 Å². The zero-order valence-corrected chi connectivity index (χ0v) is 18.7. The van der Waals surface area contributed by atoms with E-state index in [1.165, 1.54) is 27.7 Å². The summed E-state index contributed by atoms with van der Waals surface area (Å²) in [6.45, 7) is 8.45. The van der Waals surface area contributed by atoms with E-state index in [4.69, 9.17) is 4.74 Å². The van der Waals surface area contributed by atoms with E-state index in [0.29, 0.717) is 25.5 Å². The highest BCUT2D eigenvalue weighted by molar-refractivity contribution is 5.85. The van der Waals surface area contributed by atoms with Crippen molar-refractivity contribution in [1.82, 2.24) is 15.2 Å². The molecule has 4 nitrogen and oxygen atoms in total. The van der Waals surface area contributed by atoms with Crippen LogP contribution in [0.5, 0.6) is 5.75 Å². The summed E-state index contributed by atoms with van der Waals surface area (Å²) in [6, 6.07) is 17.4. The minimum Gasteiger partial charge on any atom is -0.492 e. The number of hydrogen-bond donors (Lipinski definition) is 2. The van der Waals surface area contributed by atoms with E-state index >= 15 is 0 Å². The number of hydrogen-bond acceptors (Lipinski definition) is 3. The van der Waals surface area contributed by atoms with E-state index in [9.17, 15) is 4.39 Å². The topological polar surface area (TPSA) is 40.3 Å². The highest BCUT2D eigenvalue weighted by Gasteiger charge is 2.31. The molecule has 0 bridgehead atoms. The van der Waals surface area contributed by atoms with E-state index in [1.807, 2.05) is 0 Å². The van der Waals surface area contributed by atoms with Crippen LogP contribution in [0.25, 0.3) is 10.9 Å². The molecule has 0 fully saturated rings. The molecule has 2 heterocycles. The summed E-state index contributed by atoms with van der Waals surface area (Å²) in [5.74, 6) is 1.49. The van der Waals surface area contributed by atoms with E-state index in [-0.39, 0.29) is 12.7 Å². The lowest BCUT2D eigenvalue weighted by Crippen LogP contribution is -2.38. The molecule has 4 rings (SSSR count). The van der Waals surface area contributed by atoms with Gasteiger partial charge >= 0.3 is 0 Å². The van der Waals surface area contributed by atoms with Gasteiger partial charge in [0, 0.05) is 36.2 Å². The smallest absolute Gasteiger partial charge is 0.119 e. The first-order valence-electron chi connectivity index (χ1n) is 11.5. The molecule has 2 N–H and O–H groups in total. The van der Waals surface area contributed by atoms with Crippen LogP contribution < -0.4 is 10.1 Å².